The summed E-state index contributed by atoms with van der Waals surface area (Å²) in [5, 5.41) is 23.2. The minimum absolute atomic E-state index is 0.140. The summed E-state index contributed by atoms with van der Waals surface area (Å²) >= 11 is 0. The number of nitrogens with two attached hydrogens (primary N) is 1. The van der Waals surface area contributed by atoms with Gasteiger partial charge in [0.2, 0.25) is 11.8 Å². The zero-order valence-electron chi connectivity index (χ0n) is 22.9. The standard InChI is InChI=1S/C22H29N5O2.2C2HF3O2/c1-14-18(8-9-20(23)26-14)13-25-21(28)15(2)27-22(29)19-12-17(10-11-24-19)16-6-4-3-5-7-16;2*3-2(4,5)1(6)7/h3-9,15,17,19,24H,10-13H2,1-2H3,(H2,23,26)(H,25,28)(H,27,29);2*(H,6,7)/t15-,17?,19?;;/m0../s1. The highest BCUT2D eigenvalue weighted by molar-refractivity contribution is 5.89. The number of carbonyl (C=O) groups is 4. The van der Waals surface area contributed by atoms with Crippen LogP contribution in [0, 0.1) is 6.92 Å². The number of amides is 2. The second-order valence-electron chi connectivity index (χ2n) is 9.17. The summed E-state index contributed by atoms with van der Waals surface area (Å²) < 4.78 is 63.5. The Kier molecular flexibility index (Phi) is 13.9. The van der Waals surface area contributed by atoms with E-state index in [1.807, 2.05) is 31.2 Å². The third-order valence-corrected chi connectivity index (χ3v) is 5.90. The van der Waals surface area contributed by atoms with Crippen LogP contribution in [0.25, 0.3) is 0 Å². The van der Waals surface area contributed by atoms with Crippen LogP contribution >= 0.6 is 0 Å². The zero-order valence-corrected chi connectivity index (χ0v) is 22.9. The van der Waals surface area contributed by atoms with Crippen molar-refractivity contribution in [2.75, 3.05) is 12.3 Å². The molecule has 0 bridgehead atoms. The number of aryl methyl sites for hydroxylation is 1. The Morgan fingerprint density at radius 1 is 1.00 bits per heavy atom. The van der Waals surface area contributed by atoms with Gasteiger partial charge in [-0.1, -0.05) is 36.4 Å². The summed E-state index contributed by atoms with van der Waals surface area (Å²) in [6, 6.07) is 12.9. The van der Waals surface area contributed by atoms with E-state index in [0.29, 0.717) is 18.3 Å². The third-order valence-electron chi connectivity index (χ3n) is 5.90. The molecule has 11 nitrogen and oxygen atoms in total. The molecule has 2 amide bonds. The number of aliphatic carboxylic acids is 2. The summed E-state index contributed by atoms with van der Waals surface area (Å²) in [4.78, 5) is 47.1. The van der Waals surface area contributed by atoms with Gasteiger partial charge in [-0.05, 0) is 56.3 Å². The molecule has 1 fully saturated rings. The highest BCUT2D eigenvalue weighted by atomic mass is 19.4. The Labute approximate surface area is 241 Å². The Hall–Kier alpha value is -4.41. The van der Waals surface area contributed by atoms with Crippen LogP contribution in [-0.2, 0) is 25.7 Å². The van der Waals surface area contributed by atoms with Crippen LogP contribution in [-0.4, -0.2) is 69.9 Å². The molecule has 2 unspecified atom stereocenters. The van der Waals surface area contributed by atoms with Crippen LogP contribution in [0.3, 0.4) is 0 Å². The van der Waals surface area contributed by atoms with Crippen LogP contribution < -0.4 is 21.7 Å². The molecule has 0 spiro atoms. The molecule has 0 saturated carbocycles. The maximum Gasteiger partial charge on any atom is 0.490 e. The van der Waals surface area contributed by atoms with Gasteiger partial charge in [0.1, 0.15) is 11.9 Å². The van der Waals surface area contributed by atoms with Crippen molar-refractivity contribution in [1.29, 1.82) is 0 Å². The van der Waals surface area contributed by atoms with Gasteiger partial charge in [-0.25, -0.2) is 14.6 Å². The number of benzene rings is 1. The molecule has 2 heterocycles. The second-order valence-corrected chi connectivity index (χ2v) is 9.17. The third kappa shape index (κ3) is 13.4. The molecule has 1 aromatic heterocycles. The predicted molar refractivity (Wildman–Crippen MR) is 140 cm³/mol. The second kappa shape index (κ2) is 16.3. The van der Waals surface area contributed by atoms with E-state index in [4.69, 9.17) is 25.5 Å². The van der Waals surface area contributed by atoms with Crippen molar-refractivity contribution in [3.05, 3.63) is 59.3 Å². The number of rotatable bonds is 6. The quantitative estimate of drug-likeness (QED) is 0.264. The number of carbonyl (C=O) groups excluding carboxylic acids is 2. The van der Waals surface area contributed by atoms with Gasteiger partial charge < -0.3 is 31.9 Å². The number of piperidine rings is 1. The van der Waals surface area contributed by atoms with Crippen molar-refractivity contribution in [2.45, 2.75) is 63.6 Å². The first-order valence-electron chi connectivity index (χ1n) is 12.5. The topological polar surface area (TPSA) is 184 Å². The normalized spacial score (nSPS) is 17.1. The summed E-state index contributed by atoms with van der Waals surface area (Å²) in [7, 11) is 0. The average Bonchev–Trinajstić information content (AvgIpc) is 2.92. The smallest absolute Gasteiger partial charge is 0.475 e. The number of hydrogen-bond donors (Lipinski definition) is 6. The van der Waals surface area contributed by atoms with Gasteiger partial charge in [0, 0.05) is 12.2 Å². The first-order chi connectivity index (χ1) is 19.8. The lowest BCUT2D eigenvalue weighted by atomic mass is 9.86. The molecule has 17 heteroatoms. The molecule has 3 atom stereocenters. The van der Waals surface area contributed by atoms with Crippen molar-refractivity contribution in [3.63, 3.8) is 0 Å². The number of pyridine rings is 1. The fraction of sp³-hybridized carbons (Fsp3) is 0.423. The number of aromatic nitrogens is 1. The maximum atomic E-state index is 12.7. The van der Waals surface area contributed by atoms with Crippen LogP contribution in [0.1, 0.15) is 42.5 Å². The van der Waals surface area contributed by atoms with E-state index in [-0.39, 0.29) is 17.9 Å². The molecule has 1 aromatic carbocycles. The minimum Gasteiger partial charge on any atom is -0.475 e. The Morgan fingerprint density at radius 2 is 1.53 bits per heavy atom. The molecule has 1 aliphatic rings. The lowest BCUT2D eigenvalue weighted by Gasteiger charge is -2.30. The lowest BCUT2D eigenvalue weighted by molar-refractivity contribution is -0.193. The van der Waals surface area contributed by atoms with E-state index in [1.54, 1.807) is 13.0 Å². The van der Waals surface area contributed by atoms with Crippen molar-refractivity contribution in [3.8, 4) is 0 Å². The van der Waals surface area contributed by atoms with Gasteiger partial charge >= 0.3 is 24.3 Å². The van der Waals surface area contributed by atoms with Crippen LogP contribution in [0.2, 0.25) is 0 Å². The fourth-order valence-corrected chi connectivity index (χ4v) is 3.66. The number of hydrogen-bond acceptors (Lipinski definition) is 7. The van der Waals surface area contributed by atoms with Crippen molar-refractivity contribution < 1.29 is 55.7 Å². The number of carboxylic acid groups (broad SMARTS) is 2. The maximum absolute atomic E-state index is 12.7. The van der Waals surface area contributed by atoms with Gasteiger partial charge in [0.25, 0.3) is 0 Å². The molecule has 0 aliphatic carbocycles. The number of anilines is 1. The average molecular weight is 624 g/mol. The van der Waals surface area contributed by atoms with E-state index < -0.39 is 30.3 Å². The number of alkyl halides is 6. The minimum atomic E-state index is -5.08. The zero-order chi connectivity index (χ0) is 33.0. The van der Waals surface area contributed by atoms with Gasteiger partial charge in [-0.15, -0.1) is 0 Å². The molecule has 238 valence electrons. The van der Waals surface area contributed by atoms with E-state index in [1.165, 1.54) is 5.56 Å². The molecule has 43 heavy (non-hydrogen) atoms. The number of nitrogen functional groups attached to an aromatic ring is 1. The molecule has 7 N–H and O–H groups in total. The summed E-state index contributed by atoms with van der Waals surface area (Å²) in [5.41, 5.74) is 8.58. The SMILES string of the molecule is Cc1nc(N)ccc1CNC(=O)[C@H](C)NC(=O)C1CC(c2ccccc2)CCN1.O=C(O)C(F)(F)F.O=C(O)C(F)(F)F. The van der Waals surface area contributed by atoms with Crippen LogP contribution in [0.4, 0.5) is 32.2 Å². The molecule has 2 aromatic rings. The summed E-state index contributed by atoms with van der Waals surface area (Å²) in [6.45, 7) is 4.66. The van der Waals surface area contributed by atoms with Crippen molar-refractivity contribution in [2.24, 2.45) is 0 Å². The van der Waals surface area contributed by atoms with Gasteiger partial charge in [0.15, 0.2) is 0 Å². The van der Waals surface area contributed by atoms with E-state index >= 15 is 0 Å². The van der Waals surface area contributed by atoms with E-state index in [9.17, 15) is 35.9 Å². The summed E-state index contributed by atoms with van der Waals surface area (Å²) in [5.74, 6) is -5.09. The van der Waals surface area contributed by atoms with Crippen LogP contribution in [0.15, 0.2) is 42.5 Å². The number of carboxylic acids is 2. The Bertz CT molecular complexity index is 1220. The molecular formula is C26H31F6N5O6. The molecule has 0 radical (unpaired) electrons. The number of halogens is 6. The Balaban J connectivity index is 0.000000548. The lowest BCUT2D eigenvalue weighted by Crippen LogP contribution is -2.53. The highest BCUT2D eigenvalue weighted by Gasteiger charge is 2.39. The fourth-order valence-electron chi connectivity index (χ4n) is 3.66. The highest BCUT2D eigenvalue weighted by Crippen LogP contribution is 2.27. The van der Waals surface area contributed by atoms with Crippen molar-refractivity contribution in [1.82, 2.24) is 20.9 Å². The van der Waals surface area contributed by atoms with E-state index in [2.05, 4.69) is 33.1 Å². The summed E-state index contributed by atoms with van der Waals surface area (Å²) in [6.07, 6.45) is -8.45. The molecular weight excluding hydrogens is 592 g/mol. The first-order valence-corrected chi connectivity index (χ1v) is 12.5. The first kappa shape index (κ1) is 36.6. The van der Waals surface area contributed by atoms with E-state index in [0.717, 1.165) is 30.6 Å². The predicted octanol–water partition coefficient (Wildman–Crippen LogP) is 2.90. The Morgan fingerprint density at radius 3 is 2.02 bits per heavy atom. The van der Waals surface area contributed by atoms with Gasteiger partial charge in [0.05, 0.1) is 6.04 Å². The molecule has 3 rings (SSSR count). The largest absolute Gasteiger partial charge is 0.490 e. The molecule has 1 saturated heterocycles. The van der Waals surface area contributed by atoms with Crippen molar-refractivity contribution >= 4 is 29.6 Å². The van der Waals surface area contributed by atoms with Crippen LogP contribution in [0.5, 0.6) is 0 Å². The number of nitrogens with one attached hydrogen (secondary N) is 3. The monoisotopic (exact) mass is 623 g/mol. The molecule has 1 aliphatic heterocycles. The van der Waals surface area contributed by atoms with Gasteiger partial charge in [-0.2, -0.15) is 26.3 Å². The van der Waals surface area contributed by atoms with Gasteiger partial charge in [-0.3, -0.25) is 9.59 Å². The number of nitrogens with zero attached hydrogens (tertiary/aromatic N) is 1.